The highest BCUT2D eigenvalue weighted by atomic mass is 35.5. The molecule has 0 unspecified atom stereocenters. The minimum absolute atomic E-state index is 0.0877. The predicted octanol–water partition coefficient (Wildman–Crippen LogP) is 4.10. The van der Waals surface area contributed by atoms with Gasteiger partial charge in [-0.3, -0.25) is 14.5 Å². The van der Waals surface area contributed by atoms with E-state index in [2.05, 4.69) is 10.6 Å². The fraction of sp³-hybridized carbons (Fsp3) is 0.375. The number of nitrogens with zero attached hydrogens (tertiary/aromatic N) is 1. The van der Waals surface area contributed by atoms with Crippen LogP contribution in [0.15, 0.2) is 30.3 Å². The number of hydrogen-bond donors (Lipinski definition) is 3. The Labute approximate surface area is 197 Å². The molecule has 9 heteroatoms. The van der Waals surface area contributed by atoms with Gasteiger partial charge in [-0.15, -0.1) is 0 Å². The van der Waals surface area contributed by atoms with Crippen molar-refractivity contribution in [3.63, 3.8) is 0 Å². The van der Waals surface area contributed by atoms with Crippen LogP contribution in [0.5, 0.6) is 5.75 Å². The van der Waals surface area contributed by atoms with Crippen molar-refractivity contribution in [2.75, 3.05) is 30.8 Å². The number of aromatic carboxylic acids is 1. The number of anilines is 2. The molecule has 0 radical (unpaired) electrons. The van der Waals surface area contributed by atoms with Crippen LogP contribution < -0.4 is 15.4 Å². The number of nitrogens with one attached hydrogen (secondary N) is 2. The van der Waals surface area contributed by atoms with Gasteiger partial charge in [0.1, 0.15) is 11.3 Å². The van der Waals surface area contributed by atoms with Crippen molar-refractivity contribution in [2.45, 2.75) is 39.2 Å². The van der Waals surface area contributed by atoms with Crippen molar-refractivity contribution in [1.82, 2.24) is 4.90 Å². The van der Waals surface area contributed by atoms with Gasteiger partial charge in [-0.1, -0.05) is 29.8 Å². The number of ether oxygens (including phenoxy) is 1. The number of carboxylic acid groups (broad SMARTS) is 1. The molecule has 0 heterocycles. The van der Waals surface area contributed by atoms with E-state index in [1.807, 2.05) is 36.9 Å². The van der Waals surface area contributed by atoms with Gasteiger partial charge in [0.15, 0.2) is 0 Å². The number of carboxylic acids is 1. The first-order valence-electron chi connectivity index (χ1n) is 10.7. The molecule has 0 saturated heterocycles. The Balaban J connectivity index is 1.59. The molecule has 3 rings (SSSR count). The molecule has 3 N–H and O–H groups in total. The van der Waals surface area contributed by atoms with E-state index in [9.17, 15) is 19.5 Å². The van der Waals surface area contributed by atoms with Gasteiger partial charge < -0.3 is 20.5 Å². The van der Waals surface area contributed by atoms with E-state index in [1.165, 1.54) is 19.2 Å². The largest absolute Gasteiger partial charge is 0.496 e. The summed E-state index contributed by atoms with van der Waals surface area (Å²) < 4.78 is 5.09. The SMILES string of the molecule is COc1cc(NC(=O)CCN(CC(=O)Nc2c(C)cccc2C)C2CC2)c(Cl)cc1C(=O)O. The number of hydrogen-bond acceptors (Lipinski definition) is 5. The molecular weight excluding hydrogens is 446 g/mol. The number of methoxy groups -OCH3 is 1. The Morgan fingerprint density at radius 2 is 1.79 bits per heavy atom. The summed E-state index contributed by atoms with van der Waals surface area (Å²) in [5.41, 5.74) is 3.01. The number of benzene rings is 2. The zero-order valence-electron chi connectivity index (χ0n) is 18.9. The molecule has 0 aliphatic heterocycles. The maximum atomic E-state index is 12.7. The molecule has 33 heavy (non-hydrogen) atoms. The van der Waals surface area contributed by atoms with E-state index < -0.39 is 5.97 Å². The van der Waals surface area contributed by atoms with Crippen molar-refractivity contribution < 1.29 is 24.2 Å². The molecule has 0 bridgehead atoms. The Morgan fingerprint density at radius 3 is 2.36 bits per heavy atom. The molecule has 0 spiro atoms. The van der Waals surface area contributed by atoms with E-state index >= 15 is 0 Å². The Kier molecular flexibility index (Phi) is 7.94. The van der Waals surface area contributed by atoms with E-state index in [1.54, 1.807) is 0 Å². The van der Waals surface area contributed by atoms with Gasteiger partial charge in [0.2, 0.25) is 11.8 Å². The van der Waals surface area contributed by atoms with Crippen LogP contribution in [0, 0.1) is 13.8 Å². The minimum atomic E-state index is -1.18. The number of carbonyl (C=O) groups is 3. The fourth-order valence-corrected chi connectivity index (χ4v) is 3.86. The molecule has 1 fully saturated rings. The van der Waals surface area contributed by atoms with Gasteiger partial charge >= 0.3 is 5.97 Å². The molecule has 8 nitrogen and oxygen atoms in total. The number of carbonyl (C=O) groups excluding carboxylic acids is 2. The van der Waals surface area contributed by atoms with Gasteiger partial charge in [0.05, 0.1) is 24.4 Å². The number of amides is 2. The normalized spacial score (nSPS) is 13.0. The average molecular weight is 474 g/mol. The summed E-state index contributed by atoms with van der Waals surface area (Å²) in [4.78, 5) is 38.5. The summed E-state index contributed by atoms with van der Waals surface area (Å²) in [5.74, 6) is -1.48. The maximum absolute atomic E-state index is 12.7. The molecule has 1 aliphatic rings. The van der Waals surface area contributed by atoms with Crippen LogP contribution in [0.3, 0.4) is 0 Å². The highest BCUT2D eigenvalue weighted by Gasteiger charge is 2.30. The number of para-hydroxylation sites is 1. The van der Waals surface area contributed by atoms with E-state index in [-0.39, 0.29) is 46.8 Å². The molecule has 2 amide bonds. The lowest BCUT2D eigenvalue weighted by Crippen LogP contribution is -2.37. The topological polar surface area (TPSA) is 108 Å². The van der Waals surface area contributed by atoms with E-state index in [4.69, 9.17) is 16.3 Å². The van der Waals surface area contributed by atoms with Crippen molar-refractivity contribution in [3.05, 3.63) is 52.0 Å². The summed E-state index contributed by atoms with van der Waals surface area (Å²) in [5, 5.41) is 15.0. The Bertz CT molecular complexity index is 1050. The number of rotatable bonds is 10. The van der Waals surface area contributed by atoms with Gasteiger partial charge in [-0.2, -0.15) is 0 Å². The number of aryl methyl sites for hydroxylation is 2. The highest BCUT2D eigenvalue weighted by molar-refractivity contribution is 6.34. The fourth-order valence-electron chi connectivity index (χ4n) is 3.65. The van der Waals surface area contributed by atoms with Crippen molar-refractivity contribution in [3.8, 4) is 5.75 Å². The third-order valence-corrected chi connectivity index (χ3v) is 5.89. The third kappa shape index (κ3) is 6.46. The van der Waals surface area contributed by atoms with Gasteiger partial charge in [0, 0.05) is 30.8 Å². The molecule has 2 aromatic carbocycles. The summed E-state index contributed by atoms with van der Waals surface area (Å²) in [6.45, 7) is 4.52. The first kappa shape index (κ1) is 24.5. The second-order valence-electron chi connectivity index (χ2n) is 8.15. The molecule has 0 aromatic heterocycles. The third-order valence-electron chi connectivity index (χ3n) is 5.58. The summed E-state index contributed by atoms with van der Waals surface area (Å²) in [6, 6.07) is 8.78. The van der Waals surface area contributed by atoms with Crippen LogP contribution in [-0.4, -0.2) is 54.0 Å². The summed E-state index contributed by atoms with van der Waals surface area (Å²) >= 11 is 6.14. The Morgan fingerprint density at radius 1 is 1.12 bits per heavy atom. The first-order chi connectivity index (χ1) is 15.7. The zero-order chi connectivity index (χ0) is 24.1. The Hall–Kier alpha value is -3.10. The lowest BCUT2D eigenvalue weighted by molar-refractivity contribution is -0.119. The van der Waals surface area contributed by atoms with Crippen LogP contribution in [0.4, 0.5) is 11.4 Å². The molecule has 1 aliphatic carbocycles. The zero-order valence-corrected chi connectivity index (χ0v) is 19.7. The lowest BCUT2D eigenvalue weighted by Gasteiger charge is -2.22. The summed E-state index contributed by atoms with van der Waals surface area (Å²) in [6.07, 6.45) is 2.16. The molecule has 1 saturated carbocycles. The molecular formula is C24H28ClN3O5. The highest BCUT2D eigenvalue weighted by Crippen LogP contribution is 2.31. The second kappa shape index (κ2) is 10.7. The smallest absolute Gasteiger partial charge is 0.339 e. The average Bonchev–Trinajstić information content (AvgIpc) is 3.60. The lowest BCUT2D eigenvalue weighted by atomic mass is 10.1. The maximum Gasteiger partial charge on any atom is 0.339 e. The quantitative estimate of drug-likeness (QED) is 0.479. The van der Waals surface area contributed by atoms with E-state index in [0.717, 1.165) is 29.7 Å². The van der Waals surface area contributed by atoms with Crippen molar-refractivity contribution >= 4 is 40.8 Å². The monoisotopic (exact) mass is 473 g/mol. The van der Waals surface area contributed by atoms with Crippen LogP contribution >= 0.6 is 11.6 Å². The van der Waals surface area contributed by atoms with Crippen LogP contribution in [0.25, 0.3) is 0 Å². The molecule has 0 atom stereocenters. The van der Waals surface area contributed by atoms with Crippen molar-refractivity contribution in [1.29, 1.82) is 0 Å². The van der Waals surface area contributed by atoms with Gasteiger partial charge in [0.25, 0.3) is 0 Å². The molecule has 2 aromatic rings. The first-order valence-corrected chi connectivity index (χ1v) is 11.1. The molecule has 176 valence electrons. The van der Waals surface area contributed by atoms with Gasteiger partial charge in [-0.05, 0) is 43.9 Å². The minimum Gasteiger partial charge on any atom is -0.496 e. The van der Waals surface area contributed by atoms with Gasteiger partial charge in [-0.25, -0.2) is 4.79 Å². The predicted molar refractivity (Wildman–Crippen MR) is 127 cm³/mol. The van der Waals surface area contributed by atoms with E-state index in [0.29, 0.717) is 12.6 Å². The number of halogens is 1. The van der Waals surface area contributed by atoms with Crippen molar-refractivity contribution in [2.24, 2.45) is 0 Å². The summed E-state index contributed by atoms with van der Waals surface area (Å²) in [7, 11) is 1.35. The second-order valence-corrected chi connectivity index (χ2v) is 8.56. The van der Waals surface area contributed by atoms with Crippen LogP contribution in [0.1, 0.15) is 40.7 Å². The standard InChI is InChI=1S/C24H28ClN3O5/c1-14-5-4-6-15(2)23(14)27-22(30)13-28(16-7-8-16)10-9-21(29)26-19-12-20(33-3)17(24(31)32)11-18(19)25/h4-6,11-12,16H,7-10,13H2,1-3H3,(H,26,29)(H,27,30)(H,31,32). The van der Waals surface area contributed by atoms with Crippen LogP contribution in [0.2, 0.25) is 5.02 Å². The van der Waals surface area contributed by atoms with Crippen LogP contribution in [-0.2, 0) is 9.59 Å².